The lowest BCUT2D eigenvalue weighted by Crippen LogP contribution is -2.26. The van der Waals surface area contributed by atoms with Crippen molar-refractivity contribution >= 4 is 16.1 Å². The van der Waals surface area contributed by atoms with E-state index in [0.29, 0.717) is 0 Å². The Morgan fingerprint density at radius 1 is 1.15 bits per heavy atom. The van der Waals surface area contributed by atoms with Crippen LogP contribution in [0.5, 0.6) is 0 Å². The van der Waals surface area contributed by atoms with Crippen molar-refractivity contribution < 1.29 is 48.5 Å². The van der Waals surface area contributed by atoms with Gasteiger partial charge in [-0.2, -0.15) is 34.8 Å². The Bertz CT molecular complexity index is 529. The number of cyclic esters (lactones) is 1. The molecule has 0 saturated carbocycles. The lowest BCUT2D eigenvalue weighted by atomic mass is 10.1. The fourth-order valence-electron chi connectivity index (χ4n) is 1.18. The van der Waals surface area contributed by atoms with Crippen LogP contribution in [0.4, 0.5) is 26.3 Å². The molecule has 0 amide bonds. The first-order valence-corrected chi connectivity index (χ1v) is 6.21. The van der Waals surface area contributed by atoms with Crippen LogP contribution in [-0.4, -0.2) is 32.7 Å². The van der Waals surface area contributed by atoms with E-state index in [-0.39, 0.29) is 0 Å². The van der Waals surface area contributed by atoms with Gasteiger partial charge < -0.3 is 8.92 Å². The number of alkyl halides is 6. The molecule has 116 valence electrons. The number of hydrogen-bond acceptors (Lipinski definition) is 5. The summed E-state index contributed by atoms with van der Waals surface area (Å²) >= 11 is 0. The van der Waals surface area contributed by atoms with Crippen molar-refractivity contribution in [3.8, 4) is 0 Å². The van der Waals surface area contributed by atoms with Gasteiger partial charge in [0.15, 0.2) is 12.4 Å². The van der Waals surface area contributed by atoms with Gasteiger partial charge in [-0.15, -0.1) is 0 Å². The maximum Gasteiger partial charge on any atom is 0.534 e. The third-order valence-corrected chi connectivity index (χ3v) is 3.06. The van der Waals surface area contributed by atoms with Gasteiger partial charge in [-0.1, -0.05) is 0 Å². The molecule has 0 aromatic heterocycles. The third-order valence-electron chi connectivity index (χ3n) is 2.07. The standard InChI is InChI=1S/C8H6F6O5S/c9-7(10,11)2-1-4-5(3-18-6(4)15)19-20(16,17)8(12,13)14/h1-3H2. The van der Waals surface area contributed by atoms with Crippen LogP contribution in [0.3, 0.4) is 0 Å². The number of esters is 1. The van der Waals surface area contributed by atoms with Crippen LogP contribution in [-0.2, 0) is 23.8 Å². The van der Waals surface area contributed by atoms with E-state index in [2.05, 4.69) is 8.92 Å². The normalized spacial score (nSPS) is 17.4. The number of carbonyl (C=O) groups excluding carboxylic acids is 1. The van der Waals surface area contributed by atoms with E-state index >= 15 is 0 Å². The first kappa shape index (κ1) is 16.6. The van der Waals surface area contributed by atoms with E-state index in [9.17, 15) is 39.6 Å². The highest BCUT2D eigenvalue weighted by atomic mass is 32.2. The smallest absolute Gasteiger partial charge is 0.454 e. The number of hydrogen-bond donors (Lipinski definition) is 0. The molecule has 0 aliphatic carbocycles. The molecule has 1 aliphatic rings. The maximum atomic E-state index is 12.0. The van der Waals surface area contributed by atoms with Crippen LogP contribution < -0.4 is 0 Å². The molecular weight excluding hydrogens is 322 g/mol. The molecular formula is C8H6F6O5S. The van der Waals surface area contributed by atoms with E-state index < -0.39 is 58.6 Å². The molecule has 0 radical (unpaired) electrons. The summed E-state index contributed by atoms with van der Waals surface area (Å²) in [7, 11) is -6.06. The first-order chi connectivity index (χ1) is 8.83. The minimum Gasteiger partial charge on any atom is -0.454 e. The summed E-state index contributed by atoms with van der Waals surface area (Å²) in [6.07, 6.45) is -7.24. The van der Waals surface area contributed by atoms with Crippen molar-refractivity contribution in [3.05, 3.63) is 11.3 Å². The summed E-state index contributed by atoms with van der Waals surface area (Å²) in [5, 5.41) is 0. The first-order valence-electron chi connectivity index (χ1n) is 4.80. The summed E-state index contributed by atoms with van der Waals surface area (Å²) in [6, 6.07) is 0. The van der Waals surface area contributed by atoms with Crippen molar-refractivity contribution in [2.75, 3.05) is 6.61 Å². The zero-order chi connectivity index (χ0) is 15.8. The summed E-state index contributed by atoms with van der Waals surface area (Å²) < 4.78 is 101. The molecule has 0 saturated heterocycles. The Balaban J connectivity index is 2.95. The summed E-state index contributed by atoms with van der Waals surface area (Å²) in [6.45, 7) is -0.971. The van der Waals surface area contributed by atoms with Crippen LogP contribution in [0.25, 0.3) is 0 Å². The highest BCUT2D eigenvalue weighted by Crippen LogP contribution is 2.32. The van der Waals surface area contributed by atoms with Crippen molar-refractivity contribution in [2.24, 2.45) is 0 Å². The summed E-state index contributed by atoms with van der Waals surface area (Å²) in [4.78, 5) is 11.0. The van der Waals surface area contributed by atoms with E-state index in [1.165, 1.54) is 0 Å². The molecule has 0 atom stereocenters. The highest BCUT2D eigenvalue weighted by Gasteiger charge is 2.50. The Labute approximate surface area is 108 Å². The van der Waals surface area contributed by atoms with Gasteiger partial charge in [0.05, 0.1) is 5.57 Å². The fraction of sp³-hybridized carbons (Fsp3) is 0.625. The van der Waals surface area contributed by atoms with E-state index in [1.807, 2.05) is 0 Å². The maximum absolute atomic E-state index is 12.0. The molecule has 0 aromatic carbocycles. The molecule has 0 unspecified atom stereocenters. The average molecular weight is 328 g/mol. The van der Waals surface area contributed by atoms with Gasteiger partial charge in [0, 0.05) is 6.42 Å². The lowest BCUT2D eigenvalue weighted by molar-refractivity contribution is -0.139. The van der Waals surface area contributed by atoms with Gasteiger partial charge in [0.25, 0.3) is 0 Å². The number of rotatable bonds is 4. The monoisotopic (exact) mass is 328 g/mol. The van der Waals surface area contributed by atoms with Crippen molar-refractivity contribution in [2.45, 2.75) is 24.5 Å². The quantitative estimate of drug-likeness (QED) is 0.342. The predicted octanol–water partition coefficient (Wildman–Crippen LogP) is 2.01. The van der Waals surface area contributed by atoms with Gasteiger partial charge in [-0.3, -0.25) is 0 Å². The zero-order valence-electron chi connectivity index (χ0n) is 9.34. The Morgan fingerprint density at radius 2 is 1.70 bits per heavy atom. The lowest BCUT2D eigenvalue weighted by Gasteiger charge is -2.10. The Hall–Kier alpha value is -1.46. The van der Waals surface area contributed by atoms with Gasteiger partial charge in [0.2, 0.25) is 0 Å². The van der Waals surface area contributed by atoms with E-state index in [0.717, 1.165) is 0 Å². The molecule has 1 heterocycles. The van der Waals surface area contributed by atoms with Gasteiger partial charge >= 0.3 is 27.8 Å². The molecule has 20 heavy (non-hydrogen) atoms. The molecule has 0 spiro atoms. The molecule has 1 rings (SSSR count). The second-order valence-corrected chi connectivity index (χ2v) is 5.11. The van der Waals surface area contributed by atoms with E-state index in [4.69, 9.17) is 0 Å². The topological polar surface area (TPSA) is 69.7 Å². The number of carbonyl (C=O) groups is 1. The number of halogens is 6. The van der Waals surface area contributed by atoms with Crippen LogP contribution in [0.15, 0.2) is 11.3 Å². The number of ether oxygens (including phenoxy) is 1. The van der Waals surface area contributed by atoms with Crippen molar-refractivity contribution in [1.82, 2.24) is 0 Å². The minimum absolute atomic E-state index is 0.879. The Kier molecular flexibility index (Phi) is 4.27. The molecule has 0 fully saturated rings. The third kappa shape index (κ3) is 4.02. The second kappa shape index (κ2) is 5.14. The minimum atomic E-state index is -6.06. The SMILES string of the molecule is O=C1OCC(OS(=O)(=O)C(F)(F)F)=C1CCC(F)(F)F. The molecule has 0 N–H and O–H groups in total. The molecule has 0 aromatic rings. The Morgan fingerprint density at radius 3 is 2.15 bits per heavy atom. The molecule has 12 heteroatoms. The van der Waals surface area contributed by atoms with E-state index in [1.54, 1.807) is 0 Å². The van der Waals surface area contributed by atoms with Gasteiger partial charge in [-0.25, -0.2) is 4.79 Å². The van der Waals surface area contributed by atoms with Crippen LogP contribution in [0.2, 0.25) is 0 Å². The van der Waals surface area contributed by atoms with Crippen molar-refractivity contribution in [1.29, 1.82) is 0 Å². The zero-order valence-corrected chi connectivity index (χ0v) is 10.2. The highest BCUT2D eigenvalue weighted by molar-refractivity contribution is 7.87. The summed E-state index contributed by atoms with van der Waals surface area (Å²) in [5.74, 6) is -2.43. The predicted molar refractivity (Wildman–Crippen MR) is 49.3 cm³/mol. The van der Waals surface area contributed by atoms with Crippen LogP contribution in [0.1, 0.15) is 12.8 Å². The van der Waals surface area contributed by atoms with Crippen LogP contribution >= 0.6 is 0 Å². The molecule has 5 nitrogen and oxygen atoms in total. The van der Waals surface area contributed by atoms with Crippen LogP contribution in [0, 0.1) is 0 Å². The largest absolute Gasteiger partial charge is 0.534 e. The van der Waals surface area contributed by atoms with Crippen molar-refractivity contribution in [3.63, 3.8) is 0 Å². The molecule has 1 aliphatic heterocycles. The summed E-state index contributed by atoms with van der Waals surface area (Å²) in [5.41, 5.74) is -6.64. The fourth-order valence-corrected chi connectivity index (χ4v) is 1.69. The average Bonchev–Trinajstić information content (AvgIpc) is 2.53. The molecule has 0 bridgehead atoms. The van der Waals surface area contributed by atoms with Gasteiger partial charge in [-0.05, 0) is 6.42 Å². The second-order valence-electron chi connectivity index (χ2n) is 3.58. The van der Waals surface area contributed by atoms with Gasteiger partial charge in [0.1, 0.15) is 0 Å².